The first-order chi connectivity index (χ1) is 8.14. The average Bonchev–Trinajstić information content (AvgIpc) is 2.35. The van der Waals surface area contributed by atoms with E-state index in [-0.39, 0.29) is 11.3 Å². The Balaban J connectivity index is 2.51. The summed E-state index contributed by atoms with van der Waals surface area (Å²) < 4.78 is 5.33. The van der Waals surface area contributed by atoms with Gasteiger partial charge in [0.15, 0.2) is 0 Å². The first kappa shape index (κ1) is 14.5. The number of carbonyl (C=O) groups excluding carboxylic acids is 1. The third-order valence-corrected chi connectivity index (χ3v) is 3.49. The van der Waals surface area contributed by atoms with Crippen LogP contribution in [0, 0.1) is 5.41 Å². The highest BCUT2D eigenvalue weighted by Gasteiger charge is 2.37. The van der Waals surface area contributed by atoms with Crippen LogP contribution in [0.5, 0.6) is 0 Å². The molecular formula is C13H26N2O2. The standard InChI is InChI=1S/C13H26N2O2/c1-4-15(9-10-17-5-2)12(16)13(3)7-6-8-14-11-13/h14H,4-11H2,1-3H3. The molecule has 1 heterocycles. The topological polar surface area (TPSA) is 41.6 Å². The predicted molar refractivity (Wildman–Crippen MR) is 69.0 cm³/mol. The Morgan fingerprint density at radius 3 is 2.76 bits per heavy atom. The van der Waals surface area contributed by atoms with Gasteiger partial charge in [-0.25, -0.2) is 0 Å². The van der Waals surface area contributed by atoms with Crippen molar-refractivity contribution in [3.8, 4) is 0 Å². The summed E-state index contributed by atoms with van der Waals surface area (Å²) in [6.45, 7) is 10.7. The lowest BCUT2D eigenvalue weighted by atomic mass is 9.81. The van der Waals surface area contributed by atoms with Crippen LogP contribution in [-0.4, -0.2) is 50.2 Å². The molecule has 4 nitrogen and oxygen atoms in total. The van der Waals surface area contributed by atoms with E-state index in [2.05, 4.69) is 12.2 Å². The van der Waals surface area contributed by atoms with Gasteiger partial charge in [-0.15, -0.1) is 0 Å². The van der Waals surface area contributed by atoms with Gasteiger partial charge in [-0.1, -0.05) is 0 Å². The van der Waals surface area contributed by atoms with Crippen LogP contribution in [0.1, 0.15) is 33.6 Å². The van der Waals surface area contributed by atoms with Crippen LogP contribution in [0.15, 0.2) is 0 Å². The highest BCUT2D eigenvalue weighted by Crippen LogP contribution is 2.27. The van der Waals surface area contributed by atoms with E-state index in [4.69, 9.17) is 4.74 Å². The smallest absolute Gasteiger partial charge is 0.229 e. The van der Waals surface area contributed by atoms with Gasteiger partial charge in [0.1, 0.15) is 0 Å². The number of rotatable bonds is 6. The molecule has 0 radical (unpaired) electrons. The molecule has 1 amide bonds. The minimum atomic E-state index is -0.222. The fraction of sp³-hybridized carbons (Fsp3) is 0.923. The maximum Gasteiger partial charge on any atom is 0.229 e. The van der Waals surface area contributed by atoms with Crippen LogP contribution in [0.4, 0.5) is 0 Å². The summed E-state index contributed by atoms with van der Waals surface area (Å²) in [5.74, 6) is 0.270. The van der Waals surface area contributed by atoms with Gasteiger partial charge in [-0.2, -0.15) is 0 Å². The zero-order valence-electron chi connectivity index (χ0n) is 11.4. The number of hydrogen-bond donors (Lipinski definition) is 1. The molecule has 1 rings (SSSR count). The fourth-order valence-electron chi connectivity index (χ4n) is 2.34. The summed E-state index contributed by atoms with van der Waals surface area (Å²) in [5, 5.41) is 3.32. The van der Waals surface area contributed by atoms with E-state index in [9.17, 15) is 4.79 Å². The summed E-state index contributed by atoms with van der Waals surface area (Å²) in [4.78, 5) is 14.4. The van der Waals surface area contributed by atoms with Gasteiger partial charge in [0, 0.05) is 26.2 Å². The van der Waals surface area contributed by atoms with Gasteiger partial charge in [-0.3, -0.25) is 4.79 Å². The monoisotopic (exact) mass is 242 g/mol. The SMILES string of the molecule is CCOCCN(CC)C(=O)C1(C)CCCNC1. The van der Waals surface area contributed by atoms with E-state index >= 15 is 0 Å². The van der Waals surface area contributed by atoms with E-state index in [1.807, 2.05) is 18.7 Å². The van der Waals surface area contributed by atoms with Gasteiger partial charge in [0.2, 0.25) is 5.91 Å². The van der Waals surface area contributed by atoms with E-state index in [0.717, 1.165) is 32.5 Å². The summed E-state index contributed by atoms with van der Waals surface area (Å²) in [5.41, 5.74) is -0.222. The Hall–Kier alpha value is -0.610. The Bertz CT molecular complexity index is 238. The third-order valence-electron chi connectivity index (χ3n) is 3.49. The lowest BCUT2D eigenvalue weighted by Crippen LogP contribution is -2.50. The molecule has 1 N–H and O–H groups in total. The molecule has 0 aromatic carbocycles. The summed E-state index contributed by atoms with van der Waals surface area (Å²) in [6, 6.07) is 0. The number of carbonyl (C=O) groups is 1. The number of likely N-dealkylation sites (N-methyl/N-ethyl adjacent to an activating group) is 1. The highest BCUT2D eigenvalue weighted by molar-refractivity contribution is 5.82. The molecule has 0 aliphatic carbocycles. The number of hydrogen-bond acceptors (Lipinski definition) is 3. The maximum absolute atomic E-state index is 12.5. The lowest BCUT2D eigenvalue weighted by molar-refractivity contribution is -0.142. The highest BCUT2D eigenvalue weighted by atomic mass is 16.5. The van der Waals surface area contributed by atoms with Crippen molar-refractivity contribution in [1.29, 1.82) is 0 Å². The molecule has 0 bridgehead atoms. The van der Waals surface area contributed by atoms with E-state index in [0.29, 0.717) is 19.8 Å². The molecule has 17 heavy (non-hydrogen) atoms. The van der Waals surface area contributed by atoms with Crippen LogP contribution in [0.3, 0.4) is 0 Å². The molecule has 4 heteroatoms. The molecule has 0 spiro atoms. The van der Waals surface area contributed by atoms with Crippen molar-refractivity contribution in [3.05, 3.63) is 0 Å². The zero-order chi connectivity index (χ0) is 12.7. The van der Waals surface area contributed by atoms with Crippen molar-refractivity contribution < 1.29 is 9.53 Å². The maximum atomic E-state index is 12.5. The Kier molecular flexibility index (Phi) is 5.92. The van der Waals surface area contributed by atoms with E-state index < -0.39 is 0 Å². The van der Waals surface area contributed by atoms with Gasteiger partial charge in [0.25, 0.3) is 0 Å². The van der Waals surface area contributed by atoms with Crippen LogP contribution < -0.4 is 5.32 Å². The molecule has 100 valence electrons. The van der Waals surface area contributed by atoms with Gasteiger partial charge < -0.3 is 15.0 Å². The minimum absolute atomic E-state index is 0.222. The van der Waals surface area contributed by atoms with Gasteiger partial charge in [0.05, 0.1) is 12.0 Å². The second-order valence-corrected chi connectivity index (χ2v) is 4.92. The molecule has 1 saturated heterocycles. The number of ether oxygens (including phenoxy) is 1. The fourth-order valence-corrected chi connectivity index (χ4v) is 2.34. The van der Waals surface area contributed by atoms with Crippen LogP contribution in [0.25, 0.3) is 0 Å². The Morgan fingerprint density at radius 2 is 2.24 bits per heavy atom. The first-order valence-electron chi connectivity index (χ1n) is 6.72. The zero-order valence-corrected chi connectivity index (χ0v) is 11.4. The number of nitrogens with one attached hydrogen (secondary N) is 1. The van der Waals surface area contributed by atoms with Crippen molar-refractivity contribution in [2.24, 2.45) is 5.41 Å². The minimum Gasteiger partial charge on any atom is -0.380 e. The molecular weight excluding hydrogens is 216 g/mol. The number of piperidine rings is 1. The molecule has 0 aromatic heterocycles. The van der Waals surface area contributed by atoms with Crippen LogP contribution >= 0.6 is 0 Å². The average molecular weight is 242 g/mol. The van der Waals surface area contributed by atoms with Gasteiger partial charge >= 0.3 is 0 Å². The second-order valence-electron chi connectivity index (χ2n) is 4.92. The van der Waals surface area contributed by atoms with Crippen molar-refractivity contribution in [1.82, 2.24) is 10.2 Å². The third kappa shape index (κ3) is 3.96. The molecule has 1 aliphatic rings. The van der Waals surface area contributed by atoms with Crippen molar-refractivity contribution in [3.63, 3.8) is 0 Å². The van der Waals surface area contributed by atoms with Crippen LogP contribution in [-0.2, 0) is 9.53 Å². The molecule has 1 unspecified atom stereocenters. The van der Waals surface area contributed by atoms with Crippen LogP contribution in [0.2, 0.25) is 0 Å². The van der Waals surface area contributed by atoms with Gasteiger partial charge in [-0.05, 0) is 40.2 Å². The molecule has 1 atom stereocenters. The molecule has 1 aliphatic heterocycles. The summed E-state index contributed by atoms with van der Waals surface area (Å²) in [7, 11) is 0. The first-order valence-corrected chi connectivity index (χ1v) is 6.72. The normalized spacial score (nSPS) is 24.6. The van der Waals surface area contributed by atoms with Crippen molar-refractivity contribution in [2.75, 3.05) is 39.4 Å². The number of amides is 1. The summed E-state index contributed by atoms with van der Waals surface area (Å²) in [6.07, 6.45) is 2.08. The van der Waals surface area contributed by atoms with Crippen molar-refractivity contribution in [2.45, 2.75) is 33.6 Å². The summed E-state index contributed by atoms with van der Waals surface area (Å²) >= 11 is 0. The quantitative estimate of drug-likeness (QED) is 0.713. The Labute approximate surface area is 105 Å². The molecule has 0 aromatic rings. The van der Waals surface area contributed by atoms with E-state index in [1.54, 1.807) is 0 Å². The molecule has 0 saturated carbocycles. The predicted octanol–water partition coefficient (Wildman–Crippen LogP) is 1.26. The second kappa shape index (κ2) is 6.97. The lowest BCUT2D eigenvalue weighted by Gasteiger charge is -2.37. The Morgan fingerprint density at radius 1 is 1.47 bits per heavy atom. The van der Waals surface area contributed by atoms with E-state index in [1.165, 1.54) is 0 Å². The largest absolute Gasteiger partial charge is 0.380 e. The van der Waals surface area contributed by atoms with Crippen molar-refractivity contribution >= 4 is 5.91 Å². The molecule has 1 fully saturated rings. The number of nitrogens with zero attached hydrogens (tertiary/aromatic N) is 1.